The van der Waals surface area contributed by atoms with E-state index in [1.807, 2.05) is 42.5 Å². The van der Waals surface area contributed by atoms with Gasteiger partial charge in [0.25, 0.3) is 0 Å². The Balaban J connectivity index is 0.000000166. The molecule has 0 atom stereocenters. The van der Waals surface area contributed by atoms with Gasteiger partial charge in [-0.1, -0.05) is 12.1 Å². The third-order valence-electron chi connectivity index (χ3n) is 13.7. The summed E-state index contributed by atoms with van der Waals surface area (Å²) in [5.74, 6) is 1.56. The Morgan fingerprint density at radius 2 is 1.20 bits per heavy atom. The molecule has 6 heterocycles. The molecule has 2 fully saturated rings. The van der Waals surface area contributed by atoms with E-state index >= 15 is 0 Å². The molecule has 342 valence electrons. The molecule has 2 amide bonds. The van der Waals surface area contributed by atoms with E-state index in [-0.39, 0.29) is 11.2 Å². The molecular weight excluding hydrogens is 837 g/mol. The minimum absolute atomic E-state index is 0.0422. The first-order valence-electron chi connectivity index (χ1n) is 22.8. The van der Waals surface area contributed by atoms with Crippen molar-refractivity contribution in [3.63, 3.8) is 0 Å². The number of benzene rings is 4. The third kappa shape index (κ3) is 9.03. The van der Waals surface area contributed by atoms with Crippen LogP contribution in [0.4, 0.5) is 0 Å². The summed E-state index contributed by atoms with van der Waals surface area (Å²) in [7, 11) is 3.30. The number of carbonyl (C=O) groups excluding carboxylic acids is 3. The molecule has 66 heavy (non-hydrogen) atoms. The van der Waals surface area contributed by atoms with Crippen molar-refractivity contribution in [3.05, 3.63) is 136 Å². The van der Waals surface area contributed by atoms with Crippen molar-refractivity contribution in [2.24, 2.45) is 11.5 Å². The zero-order valence-electron chi connectivity index (χ0n) is 37.5. The summed E-state index contributed by atoms with van der Waals surface area (Å²) in [6, 6.07) is 25.0. The minimum Gasteiger partial charge on any atom is -0.496 e. The number of amides is 2. The maximum Gasteiger partial charge on any atom is 0.248 e. The van der Waals surface area contributed by atoms with Crippen molar-refractivity contribution in [1.82, 2.24) is 18.9 Å². The van der Waals surface area contributed by atoms with E-state index in [9.17, 15) is 19.2 Å². The number of rotatable bonds is 12. The van der Waals surface area contributed by atoms with Gasteiger partial charge in [0, 0.05) is 110 Å². The number of primary amides is 2. The van der Waals surface area contributed by atoms with Crippen LogP contribution in [0.1, 0.15) is 86.4 Å². The average Bonchev–Trinajstić information content (AvgIpc) is 3.97. The van der Waals surface area contributed by atoms with Crippen molar-refractivity contribution in [2.45, 2.75) is 57.0 Å². The number of likely N-dealkylation sites (tertiary alicyclic amines) is 2. The molecule has 10 rings (SSSR count). The van der Waals surface area contributed by atoms with Gasteiger partial charge in [0.2, 0.25) is 11.8 Å². The van der Waals surface area contributed by atoms with Gasteiger partial charge in [-0.05, 0) is 110 Å². The summed E-state index contributed by atoms with van der Waals surface area (Å²) in [4.78, 5) is 52.6. The monoisotopic (exact) mass is 892 g/mol. The van der Waals surface area contributed by atoms with Crippen LogP contribution in [0.3, 0.4) is 0 Å². The lowest BCUT2D eigenvalue weighted by Crippen LogP contribution is -2.36. The Morgan fingerprint density at radius 1 is 0.667 bits per heavy atom. The van der Waals surface area contributed by atoms with Crippen LogP contribution in [0.5, 0.6) is 17.2 Å². The van der Waals surface area contributed by atoms with Gasteiger partial charge < -0.3 is 49.0 Å². The fraction of sp³-hybridized carbons (Fsp3) is 0.346. The molecule has 0 bridgehead atoms. The second kappa shape index (κ2) is 19.3. The number of Topliss-reactive ketones (excluding diaryl/α,β-unsaturated/α-hetero) is 1. The van der Waals surface area contributed by atoms with E-state index in [1.54, 1.807) is 32.4 Å². The Morgan fingerprint density at radius 3 is 1.74 bits per heavy atom. The molecule has 0 radical (unpaired) electrons. The summed E-state index contributed by atoms with van der Waals surface area (Å²) >= 11 is 0. The maximum atomic E-state index is 12.3. The minimum atomic E-state index is -0.404. The van der Waals surface area contributed by atoms with Crippen molar-refractivity contribution >= 4 is 50.4 Å². The van der Waals surface area contributed by atoms with Gasteiger partial charge in [-0.3, -0.25) is 19.2 Å². The number of piperidine rings is 2. The molecule has 3 aliphatic heterocycles. The van der Waals surface area contributed by atoms with Crippen LogP contribution in [0, 0.1) is 0 Å². The highest BCUT2D eigenvalue weighted by molar-refractivity contribution is 6.00. The summed E-state index contributed by atoms with van der Waals surface area (Å²) in [6.07, 6.45) is 11.7. The highest BCUT2D eigenvalue weighted by atomic mass is 16.5. The Hall–Kier alpha value is -6.90. The smallest absolute Gasteiger partial charge is 0.248 e. The number of nitrogens with zero attached hydrogens (tertiary/aromatic N) is 4. The largest absolute Gasteiger partial charge is 0.496 e. The van der Waals surface area contributed by atoms with Crippen LogP contribution < -0.4 is 31.1 Å². The summed E-state index contributed by atoms with van der Waals surface area (Å²) in [5, 5.41) is 2.83. The lowest BCUT2D eigenvalue weighted by atomic mass is 9.98. The third-order valence-corrected chi connectivity index (χ3v) is 13.7. The van der Waals surface area contributed by atoms with Crippen LogP contribution in [-0.4, -0.2) is 96.6 Å². The van der Waals surface area contributed by atoms with Gasteiger partial charge >= 0.3 is 0 Å². The second-order valence-corrected chi connectivity index (χ2v) is 17.4. The Labute approximate surface area is 382 Å². The molecule has 2 saturated heterocycles. The van der Waals surface area contributed by atoms with Crippen molar-refractivity contribution < 1.29 is 33.0 Å². The van der Waals surface area contributed by atoms with Crippen molar-refractivity contribution in [2.75, 3.05) is 60.1 Å². The molecule has 0 spiro atoms. The molecule has 3 aromatic heterocycles. The molecule has 4 aromatic carbocycles. The molecule has 7 aromatic rings. The number of hydrogen-bond acceptors (Lipinski definition) is 10. The number of fused-ring (bicyclic) bond motifs is 4. The van der Waals surface area contributed by atoms with E-state index in [0.717, 1.165) is 122 Å². The van der Waals surface area contributed by atoms with E-state index in [0.29, 0.717) is 58.5 Å². The number of hydrogen-bond donors (Lipinski definition) is 2. The van der Waals surface area contributed by atoms with Crippen molar-refractivity contribution in [3.8, 4) is 17.2 Å². The number of nitrogens with two attached hydrogens (primary N) is 2. The van der Waals surface area contributed by atoms with Crippen LogP contribution in [0.2, 0.25) is 0 Å². The normalized spacial score (nSPS) is 16.2. The zero-order chi connectivity index (χ0) is 45.9. The first kappa shape index (κ1) is 44.3. The first-order valence-corrected chi connectivity index (χ1v) is 22.8. The Bertz CT molecular complexity index is 2990. The van der Waals surface area contributed by atoms with Gasteiger partial charge in [0.05, 0.1) is 38.0 Å². The topological polar surface area (TPSA) is 177 Å². The summed E-state index contributed by atoms with van der Waals surface area (Å²) in [6.45, 7) is 6.08. The molecule has 4 N–H and O–H groups in total. The van der Waals surface area contributed by atoms with Gasteiger partial charge in [0.1, 0.15) is 22.8 Å². The number of carbonyl (C=O) groups is 3. The number of ether oxygens (including phenoxy) is 3. The molecule has 0 saturated carbocycles. The number of methoxy groups -OCH3 is 2. The van der Waals surface area contributed by atoms with Crippen LogP contribution in [0.25, 0.3) is 32.8 Å². The summed E-state index contributed by atoms with van der Waals surface area (Å²) < 4.78 is 27.3. The molecule has 3 aliphatic rings. The lowest BCUT2D eigenvalue weighted by Gasteiger charge is -2.33. The Kier molecular flexibility index (Phi) is 12.9. The highest BCUT2D eigenvalue weighted by Gasteiger charge is 2.27. The highest BCUT2D eigenvalue weighted by Crippen LogP contribution is 2.37. The summed E-state index contributed by atoms with van der Waals surface area (Å²) in [5.41, 5.74) is 17.3. The second-order valence-electron chi connectivity index (χ2n) is 17.4. The molecule has 0 unspecified atom stereocenters. The average molecular weight is 893 g/mol. The van der Waals surface area contributed by atoms with Crippen LogP contribution in [0.15, 0.2) is 107 Å². The predicted molar refractivity (Wildman–Crippen MR) is 254 cm³/mol. The van der Waals surface area contributed by atoms with Gasteiger partial charge in [-0.15, -0.1) is 0 Å². The van der Waals surface area contributed by atoms with Crippen molar-refractivity contribution in [1.29, 1.82) is 0 Å². The van der Waals surface area contributed by atoms with Gasteiger partial charge in [-0.25, -0.2) is 0 Å². The van der Waals surface area contributed by atoms with Crippen LogP contribution >= 0.6 is 0 Å². The number of ketones is 1. The van der Waals surface area contributed by atoms with Crippen LogP contribution in [-0.2, 0) is 12.8 Å². The molecule has 0 aliphatic carbocycles. The standard InChI is InChI=1S/C26H29N3O4.C26H27N3O4/c2*1-32-24-5-4-20-23(30)10-15-33-25(20)21(24)9-13-28-11-7-19(8-12-28)29-14-6-17-2-3-18(26(27)31)16-22(17)29/h2-6,14,16,19H,7-13,15H2,1H3,(H2,27,31);2-6,10,14-16,19H,7-9,11-13H2,1H3,(H2,27,31). The van der Waals surface area contributed by atoms with E-state index in [2.05, 4.69) is 43.5 Å². The lowest BCUT2D eigenvalue weighted by molar-refractivity contribution is 0.0930. The molecule has 14 nitrogen and oxygen atoms in total. The van der Waals surface area contributed by atoms with E-state index < -0.39 is 11.8 Å². The maximum absolute atomic E-state index is 12.3. The zero-order valence-corrected chi connectivity index (χ0v) is 37.5. The number of aromatic nitrogens is 2. The molecular formula is C52H56N6O8. The van der Waals surface area contributed by atoms with Gasteiger partial charge in [-0.2, -0.15) is 0 Å². The van der Waals surface area contributed by atoms with E-state index in [1.165, 1.54) is 12.3 Å². The fourth-order valence-corrected chi connectivity index (χ4v) is 10.0. The fourth-order valence-electron chi connectivity index (χ4n) is 10.0. The predicted octanol–water partition coefficient (Wildman–Crippen LogP) is 7.33. The molecule has 14 heteroatoms. The van der Waals surface area contributed by atoms with E-state index in [4.69, 9.17) is 30.1 Å². The SMILES string of the molecule is COc1ccc2c(=O)ccoc2c1CCN1CCC(n2ccc3ccc(C(N)=O)cc32)CC1.COc1ccc2c(c1CCN1CCC(n3ccc4ccc(C(N)=O)cc43)CC1)OCCC2=O. The quantitative estimate of drug-likeness (QED) is 0.126. The first-order chi connectivity index (χ1) is 32.1. The van der Waals surface area contributed by atoms with Gasteiger partial charge in [0.15, 0.2) is 11.2 Å².